The van der Waals surface area contributed by atoms with Crippen molar-refractivity contribution in [3.63, 3.8) is 0 Å². The van der Waals surface area contributed by atoms with Crippen molar-refractivity contribution >= 4 is 17.6 Å². The molecular formula is C15H14N2O6. The van der Waals surface area contributed by atoms with Crippen LogP contribution in [0.5, 0.6) is 0 Å². The summed E-state index contributed by atoms with van der Waals surface area (Å²) in [4.78, 5) is 33.7. The SMILES string of the molecule is C[C@@H](OC(=O)c1ccc([N+](=O)[O-])cc1)C(=O)NCc1ccco1. The van der Waals surface area contributed by atoms with E-state index >= 15 is 0 Å². The first-order chi connectivity index (χ1) is 11.0. The first-order valence-electron chi connectivity index (χ1n) is 6.73. The number of carbonyl (C=O) groups is 2. The second kappa shape index (κ2) is 7.21. The van der Waals surface area contributed by atoms with Gasteiger partial charge in [-0.3, -0.25) is 14.9 Å². The van der Waals surface area contributed by atoms with Gasteiger partial charge in [0, 0.05) is 12.1 Å². The lowest BCUT2D eigenvalue weighted by atomic mass is 10.2. The van der Waals surface area contributed by atoms with Crippen LogP contribution in [0.2, 0.25) is 0 Å². The number of hydrogen-bond donors (Lipinski definition) is 1. The molecule has 0 radical (unpaired) electrons. The third-order valence-electron chi connectivity index (χ3n) is 2.98. The first-order valence-corrected chi connectivity index (χ1v) is 6.73. The summed E-state index contributed by atoms with van der Waals surface area (Å²) in [6, 6.07) is 8.33. The van der Waals surface area contributed by atoms with Crippen LogP contribution in [0.25, 0.3) is 0 Å². The fourth-order valence-corrected chi connectivity index (χ4v) is 1.73. The Hall–Kier alpha value is -3.16. The molecule has 1 atom stereocenters. The van der Waals surface area contributed by atoms with Crippen molar-refractivity contribution in [3.05, 3.63) is 64.1 Å². The molecule has 120 valence electrons. The quantitative estimate of drug-likeness (QED) is 0.495. The van der Waals surface area contributed by atoms with E-state index in [0.29, 0.717) is 5.76 Å². The number of esters is 1. The van der Waals surface area contributed by atoms with Gasteiger partial charge in [-0.1, -0.05) is 0 Å². The molecule has 0 unspecified atom stereocenters. The van der Waals surface area contributed by atoms with Gasteiger partial charge in [0.15, 0.2) is 6.10 Å². The molecule has 0 bridgehead atoms. The largest absolute Gasteiger partial charge is 0.467 e. The number of nitrogens with one attached hydrogen (secondary N) is 1. The molecule has 0 spiro atoms. The Bertz CT molecular complexity index is 693. The molecule has 2 rings (SSSR count). The number of nitro benzene ring substituents is 1. The normalized spacial score (nSPS) is 11.5. The molecule has 1 aromatic heterocycles. The predicted molar refractivity (Wildman–Crippen MR) is 78.5 cm³/mol. The van der Waals surface area contributed by atoms with E-state index < -0.39 is 22.9 Å². The summed E-state index contributed by atoms with van der Waals surface area (Å²) in [5.41, 5.74) is -0.00734. The van der Waals surface area contributed by atoms with E-state index in [2.05, 4.69) is 5.32 Å². The Kier molecular flexibility index (Phi) is 5.08. The predicted octanol–water partition coefficient (Wildman–Crippen LogP) is 2.05. The number of carbonyl (C=O) groups excluding carboxylic acids is 2. The number of hydrogen-bond acceptors (Lipinski definition) is 6. The zero-order valence-corrected chi connectivity index (χ0v) is 12.2. The van der Waals surface area contributed by atoms with E-state index in [9.17, 15) is 19.7 Å². The van der Waals surface area contributed by atoms with Gasteiger partial charge in [0.2, 0.25) is 0 Å². The van der Waals surface area contributed by atoms with Gasteiger partial charge in [-0.2, -0.15) is 0 Å². The molecule has 8 nitrogen and oxygen atoms in total. The van der Waals surface area contributed by atoms with Crippen LogP contribution in [-0.2, 0) is 16.1 Å². The van der Waals surface area contributed by atoms with Crippen LogP contribution in [0.1, 0.15) is 23.0 Å². The summed E-state index contributed by atoms with van der Waals surface area (Å²) in [7, 11) is 0. The second-order valence-electron chi connectivity index (χ2n) is 4.65. The van der Waals surface area contributed by atoms with Gasteiger partial charge in [0.1, 0.15) is 5.76 Å². The molecule has 1 amide bonds. The fraction of sp³-hybridized carbons (Fsp3) is 0.200. The van der Waals surface area contributed by atoms with E-state index in [1.54, 1.807) is 12.1 Å². The van der Waals surface area contributed by atoms with Crippen molar-refractivity contribution in [1.29, 1.82) is 0 Å². The average Bonchev–Trinajstić information content (AvgIpc) is 3.05. The van der Waals surface area contributed by atoms with Crippen LogP contribution in [0.15, 0.2) is 47.1 Å². The number of benzene rings is 1. The zero-order valence-electron chi connectivity index (χ0n) is 12.2. The number of furan rings is 1. The number of nitrogens with zero attached hydrogens (tertiary/aromatic N) is 1. The van der Waals surface area contributed by atoms with E-state index in [1.165, 1.54) is 37.5 Å². The van der Waals surface area contributed by atoms with Crippen LogP contribution >= 0.6 is 0 Å². The van der Waals surface area contributed by atoms with Crippen LogP contribution < -0.4 is 5.32 Å². The smallest absolute Gasteiger partial charge is 0.338 e. The maximum Gasteiger partial charge on any atom is 0.338 e. The van der Waals surface area contributed by atoms with E-state index in [0.717, 1.165) is 0 Å². The highest BCUT2D eigenvalue weighted by Gasteiger charge is 2.19. The van der Waals surface area contributed by atoms with E-state index in [-0.39, 0.29) is 17.8 Å². The Morgan fingerprint density at radius 3 is 2.57 bits per heavy atom. The van der Waals surface area contributed by atoms with Crippen molar-refractivity contribution in [2.24, 2.45) is 0 Å². The molecule has 0 aliphatic rings. The molecule has 0 saturated heterocycles. The number of rotatable bonds is 6. The molecule has 0 saturated carbocycles. The lowest BCUT2D eigenvalue weighted by Crippen LogP contribution is -2.35. The van der Waals surface area contributed by atoms with Gasteiger partial charge in [-0.05, 0) is 31.2 Å². The monoisotopic (exact) mass is 318 g/mol. The molecule has 0 aliphatic heterocycles. The van der Waals surface area contributed by atoms with E-state index in [1.807, 2.05) is 0 Å². The molecule has 1 N–H and O–H groups in total. The lowest BCUT2D eigenvalue weighted by molar-refractivity contribution is -0.384. The van der Waals surface area contributed by atoms with Gasteiger partial charge < -0.3 is 14.5 Å². The molecule has 0 aliphatic carbocycles. The number of ether oxygens (including phenoxy) is 1. The van der Waals surface area contributed by atoms with Crippen LogP contribution in [0.3, 0.4) is 0 Å². The Balaban J connectivity index is 1.88. The molecule has 0 fully saturated rings. The third-order valence-corrected chi connectivity index (χ3v) is 2.98. The van der Waals surface area contributed by atoms with Gasteiger partial charge in [0.25, 0.3) is 11.6 Å². The Labute approximate surface area is 131 Å². The summed E-state index contributed by atoms with van der Waals surface area (Å²) in [6.45, 7) is 1.62. The highest BCUT2D eigenvalue weighted by Crippen LogP contribution is 2.13. The molecular weight excluding hydrogens is 304 g/mol. The van der Waals surface area contributed by atoms with Crippen molar-refractivity contribution in [1.82, 2.24) is 5.32 Å². The maximum atomic E-state index is 11.9. The number of non-ortho nitro benzene ring substituents is 1. The second-order valence-corrected chi connectivity index (χ2v) is 4.65. The topological polar surface area (TPSA) is 112 Å². The van der Waals surface area contributed by atoms with Gasteiger partial charge in [0.05, 0.1) is 23.3 Å². The van der Waals surface area contributed by atoms with Crippen molar-refractivity contribution < 1.29 is 23.7 Å². The van der Waals surface area contributed by atoms with Crippen molar-refractivity contribution in [2.75, 3.05) is 0 Å². The van der Waals surface area contributed by atoms with Gasteiger partial charge in [-0.25, -0.2) is 4.79 Å². The van der Waals surface area contributed by atoms with Crippen LogP contribution in [0.4, 0.5) is 5.69 Å². The van der Waals surface area contributed by atoms with Crippen molar-refractivity contribution in [2.45, 2.75) is 19.6 Å². The molecule has 23 heavy (non-hydrogen) atoms. The number of nitro groups is 1. The van der Waals surface area contributed by atoms with Gasteiger partial charge in [-0.15, -0.1) is 0 Å². The number of amides is 1. The summed E-state index contributed by atoms with van der Waals surface area (Å²) < 4.78 is 10.1. The maximum absolute atomic E-state index is 11.9. The van der Waals surface area contributed by atoms with Gasteiger partial charge >= 0.3 is 5.97 Å². The van der Waals surface area contributed by atoms with Crippen LogP contribution in [0, 0.1) is 10.1 Å². The average molecular weight is 318 g/mol. The molecule has 8 heteroatoms. The zero-order chi connectivity index (χ0) is 16.8. The minimum atomic E-state index is -1.01. The standard InChI is InChI=1S/C15H14N2O6/c1-10(14(18)16-9-13-3-2-8-22-13)23-15(19)11-4-6-12(7-5-11)17(20)21/h2-8,10H,9H2,1H3,(H,16,18)/t10-/m1/s1. The highest BCUT2D eigenvalue weighted by molar-refractivity contribution is 5.92. The molecule has 1 heterocycles. The summed E-state index contributed by atoms with van der Waals surface area (Å²) >= 11 is 0. The van der Waals surface area contributed by atoms with Crippen molar-refractivity contribution in [3.8, 4) is 0 Å². The van der Waals surface area contributed by atoms with E-state index in [4.69, 9.17) is 9.15 Å². The molecule has 1 aromatic carbocycles. The lowest BCUT2D eigenvalue weighted by Gasteiger charge is -2.12. The Morgan fingerprint density at radius 1 is 1.30 bits per heavy atom. The first kappa shape index (κ1) is 16.2. The highest BCUT2D eigenvalue weighted by atomic mass is 16.6. The minimum absolute atomic E-state index is 0.126. The minimum Gasteiger partial charge on any atom is -0.467 e. The summed E-state index contributed by atoms with van der Waals surface area (Å²) in [6.07, 6.45) is 0.479. The Morgan fingerprint density at radius 2 is 2.00 bits per heavy atom. The fourth-order valence-electron chi connectivity index (χ4n) is 1.73. The summed E-state index contributed by atoms with van der Waals surface area (Å²) in [5, 5.41) is 13.1. The van der Waals surface area contributed by atoms with Crippen LogP contribution in [-0.4, -0.2) is 22.9 Å². The molecule has 2 aromatic rings. The third kappa shape index (κ3) is 4.40. The summed E-state index contributed by atoms with van der Waals surface area (Å²) in [5.74, 6) is -0.635.